The van der Waals surface area contributed by atoms with Crippen molar-refractivity contribution in [3.05, 3.63) is 0 Å². The molecule has 0 saturated carbocycles. The molecule has 0 spiro atoms. The molecule has 106 valence electrons. The number of hydrogen-bond acceptors (Lipinski definition) is 3. The van der Waals surface area contributed by atoms with Crippen LogP contribution in [0, 0.1) is 10.8 Å². The molecule has 0 atom stereocenters. The number of piperidine rings is 1. The summed E-state index contributed by atoms with van der Waals surface area (Å²) >= 11 is 5.06. The highest BCUT2D eigenvalue weighted by atomic mass is 32.2. The van der Waals surface area contributed by atoms with E-state index in [1.54, 1.807) is 4.31 Å². The molecular weight excluding hydrogens is 268 g/mol. The highest BCUT2D eigenvalue weighted by Crippen LogP contribution is 2.33. The summed E-state index contributed by atoms with van der Waals surface area (Å²) < 4.78 is 26.1. The molecule has 1 fully saturated rings. The Morgan fingerprint density at radius 1 is 1.33 bits per heavy atom. The van der Waals surface area contributed by atoms with E-state index in [4.69, 9.17) is 18.0 Å². The van der Waals surface area contributed by atoms with Gasteiger partial charge in [-0.2, -0.15) is 0 Å². The van der Waals surface area contributed by atoms with Crippen LogP contribution in [-0.4, -0.2) is 36.6 Å². The Labute approximate surface area is 116 Å². The molecule has 1 aliphatic heterocycles. The zero-order valence-electron chi connectivity index (χ0n) is 11.7. The number of rotatable bonds is 3. The topological polar surface area (TPSA) is 63.4 Å². The maximum atomic E-state index is 12.2. The van der Waals surface area contributed by atoms with Gasteiger partial charge in [0.25, 0.3) is 0 Å². The van der Waals surface area contributed by atoms with E-state index in [9.17, 15) is 8.42 Å². The molecule has 0 aliphatic carbocycles. The summed E-state index contributed by atoms with van der Waals surface area (Å²) in [5.41, 5.74) is 5.31. The van der Waals surface area contributed by atoms with Crippen molar-refractivity contribution in [3.63, 3.8) is 0 Å². The quantitative estimate of drug-likeness (QED) is 0.805. The van der Waals surface area contributed by atoms with Crippen molar-refractivity contribution in [2.45, 2.75) is 40.5 Å². The van der Waals surface area contributed by atoms with Crippen molar-refractivity contribution in [2.75, 3.05) is 18.8 Å². The lowest BCUT2D eigenvalue weighted by Gasteiger charge is -2.38. The predicted octanol–water partition coefficient (Wildman–Crippen LogP) is 1.75. The van der Waals surface area contributed by atoms with E-state index in [0.29, 0.717) is 30.9 Å². The first-order valence-corrected chi connectivity index (χ1v) is 8.26. The van der Waals surface area contributed by atoms with Crippen LogP contribution in [0.2, 0.25) is 0 Å². The fourth-order valence-corrected chi connectivity index (χ4v) is 4.36. The Balaban J connectivity index is 2.72. The van der Waals surface area contributed by atoms with Gasteiger partial charge < -0.3 is 5.73 Å². The van der Waals surface area contributed by atoms with Gasteiger partial charge in [-0.1, -0.05) is 39.9 Å². The molecule has 18 heavy (non-hydrogen) atoms. The summed E-state index contributed by atoms with van der Waals surface area (Å²) in [6, 6.07) is 0. The zero-order chi connectivity index (χ0) is 14.2. The summed E-state index contributed by atoms with van der Waals surface area (Å²) in [7, 11) is -3.17. The monoisotopic (exact) mass is 292 g/mol. The third kappa shape index (κ3) is 3.90. The molecule has 6 heteroatoms. The van der Waals surface area contributed by atoms with E-state index in [2.05, 4.69) is 0 Å². The van der Waals surface area contributed by atoms with Gasteiger partial charge in [-0.3, -0.25) is 0 Å². The van der Waals surface area contributed by atoms with Gasteiger partial charge in [0.05, 0.1) is 10.7 Å². The SMILES string of the molecule is CC(C)(C)CS(=O)(=O)N1CCC(C)(C(N)=S)CC1. The van der Waals surface area contributed by atoms with Gasteiger partial charge in [0.1, 0.15) is 0 Å². The number of sulfonamides is 1. The lowest BCUT2D eigenvalue weighted by Crippen LogP contribution is -2.48. The van der Waals surface area contributed by atoms with Crippen molar-refractivity contribution >= 4 is 27.2 Å². The molecule has 1 aliphatic rings. The maximum Gasteiger partial charge on any atom is 0.214 e. The number of hydrogen-bond donors (Lipinski definition) is 1. The van der Waals surface area contributed by atoms with Crippen LogP contribution < -0.4 is 5.73 Å². The van der Waals surface area contributed by atoms with Crippen LogP contribution in [0.5, 0.6) is 0 Å². The maximum absolute atomic E-state index is 12.2. The fourth-order valence-electron chi connectivity index (χ4n) is 2.14. The average Bonchev–Trinajstić information content (AvgIpc) is 2.14. The first-order chi connectivity index (χ1) is 7.96. The van der Waals surface area contributed by atoms with Crippen molar-refractivity contribution in [3.8, 4) is 0 Å². The van der Waals surface area contributed by atoms with E-state index in [1.807, 2.05) is 27.7 Å². The lowest BCUT2D eigenvalue weighted by molar-refractivity contribution is 0.241. The number of nitrogens with zero attached hydrogens (tertiary/aromatic N) is 1. The summed E-state index contributed by atoms with van der Waals surface area (Å²) in [5.74, 6) is 0.184. The minimum Gasteiger partial charge on any atom is -0.393 e. The first-order valence-electron chi connectivity index (χ1n) is 6.24. The molecule has 0 aromatic rings. The molecule has 1 saturated heterocycles. The molecule has 1 rings (SSSR count). The summed E-state index contributed by atoms with van der Waals surface area (Å²) in [4.78, 5) is 0.496. The van der Waals surface area contributed by atoms with Crippen LogP contribution in [-0.2, 0) is 10.0 Å². The van der Waals surface area contributed by atoms with Gasteiger partial charge in [0, 0.05) is 18.5 Å². The molecule has 0 bridgehead atoms. The molecule has 0 radical (unpaired) electrons. The van der Waals surface area contributed by atoms with Gasteiger partial charge >= 0.3 is 0 Å². The van der Waals surface area contributed by atoms with Gasteiger partial charge in [-0.15, -0.1) is 0 Å². The number of thiocarbonyl (C=S) groups is 1. The second-order valence-electron chi connectivity index (χ2n) is 6.64. The molecule has 0 unspecified atom stereocenters. The molecule has 1 heterocycles. The van der Waals surface area contributed by atoms with Gasteiger partial charge in [-0.05, 0) is 18.3 Å². The first kappa shape index (κ1) is 15.9. The van der Waals surface area contributed by atoms with E-state index in [-0.39, 0.29) is 16.6 Å². The Bertz CT molecular complexity index is 416. The second-order valence-corrected chi connectivity index (χ2v) is 9.05. The summed E-state index contributed by atoms with van der Waals surface area (Å²) in [6.07, 6.45) is 1.43. The van der Waals surface area contributed by atoms with Crippen LogP contribution in [0.3, 0.4) is 0 Å². The van der Waals surface area contributed by atoms with Crippen LogP contribution in [0.4, 0.5) is 0 Å². The Kier molecular flexibility index (Phi) is 4.45. The Morgan fingerprint density at radius 2 is 1.78 bits per heavy atom. The highest BCUT2D eigenvalue weighted by Gasteiger charge is 2.37. The third-order valence-electron chi connectivity index (χ3n) is 3.43. The fraction of sp³-hybridized carbons (Fsp3) is 0.917. The minimum atomic E-state index is -3.17. The third-order valence-corrected chi connectivity index (χ3v) is 6.31. The smallest absolute Gasteiger partial charge is 0.214 e. The van der Waals surface area contributed by atoms with Gasteiger partial charge in [0.2, 0.25) is 10.0 Å². The Morgan fingerprint density at radius 3 is 2.11 bits per heavy atom. The van der Waals surface area contributed by atoms with E-state index >= 15 is 0 Å². The van der Waals surface area contributed by atoms with Gasteiger partial charge in [-0.25, -0.2) is 12.7 Å². The molecule has 0 amide bonds. The van der Waals surface area contributed by atoms with Crippen molar-refractivity contribution in [1.29, 1.82) is 0 Å². The summed E-state index contributed by atoms with van der Waals surface area (Å²) in [6.45, 7) is 8.87. The van der Waals surface area contributed by atoms with Crippen molar-refractivity contribution < 1.29 is 8.42 Å². The molecular formula is C12H24N2O2S2. The van der Waals surface area contributed by atoms with E-state index in [0.717, 1.165) is 0 Å². The van der Waals surface area contributed by atoms with Crippen molar-refractivity contribution in [2.24, 2.45) is 16.6 Å². The predicted molar refractivity (Wildman–Crippen MR) is 78.9 cm³/mol. The van der Waals surface area contributed by atoms with E-state index in [1.165, 1.54) is 0 Å². The van der Waals surface area contributed by atoms with Crippen LogP contribution in [0.1, 0.15) is 40.5 Å². The molecule has 2 N–H and O–H groups in total. The molecule has 4 nitrogen and oxygen atoms in total. The highest BCUT2D eigenvalue weighted by molar-refractivity contribution is 7.89. The van der Waals surface area contributed by atoms with Crippen molar-refractivity contribution in [1.82, 2.24) is 4.31 Å². The largest absolute Gasteiger partial charge is 0.393 e. The zero-order valence-corrected chi connectivity index (χ0v) is 13.3. The number of nitrogens with two attached hydrogens (primary N) is 1. The van der Waals surface area contributed by atoms with Crippen LogP contribution >= 0.6 is 12.2 Å². The summed E-state index contributed by atoms with van der Waals surface area (Å²) in [5, 5.41) is 0. The van der Waals surface area contributed by atoms with Crippen LogP contribution in [0.25, 0.3) is 0 Å². The second kappa shape index (κ2) is 5.06. The average molecular weight is 292 g/mol. The standard InChI is InChI=1S/C12H24N2O2S2/c1-11(2,3)9-18(15,16)14-7-5-12(4,6-8-14)10(13)17/h5-9H2,1-4H3,(H2,13,17). The van der Waals surface area contributed by atoms with Crippen LogP contribution in [0.15, 0.2) is 0 Å². The lowest BCUT2D eigenvalue weighted by atomic mass is 9.81. The molecule has 0 aromatic carbocycles. The normalized spacial score (nSPS) is 21.8. The van der Waals surface area contributed by atoms with E-state index < -0.39 is 10.0 Å². The van der Waals surface area contributed by atoms with Gasteiger partial charge in [0.15, 0.2) is 0 Å². The molecule has 0 aromatic heterocycles. The Hall–Kier alpha value is -0.200. The minimum absolute atomic E-state index is 0.184.